The Labute approximate surface area is 48.5 Å². The molecule has 1 rings (SSSR count). The maximum absolute atomic E-state index is 10.3. The fraction of sp³-hybridized carbons (Fsp3) is 1.00. The summed E-state index contributed by atoms with van der Waals surface area (Å²) in [6.07, 6.45) is -0.387. The fourth-order valence-corrected chi connectivity index (χ4v) is 0.846. The summed E-state index contributed by atoms with van der Waals surface area (Å²) < 4.78 is 0. The molecule has 0 amide bonds. The average Bonchev–Trinajstić information content (AvgIpc) is 1.64. The zero-order valence-corrected chi connectivity index (χ0v) is 4.71. The molecule has 1 fully saturated rings. The Bertz CT molecular complexity index is 68.1. The minimum absolute atomic E-state index is 0.173. The van der Waals surface area contributed by atoms with Crippen molar-refractivity contribution < 1.29 is 10.2 Å². The molecule has 0 unspecified atom stereocenters. The lowest BCUT2D eigenvalue weighted by Crippen LogP contribution is -2.50. The van der Waals surface area contributed by atoms with Crippen molar-refractivity contribution in [3.05, 3.63) is 0 Å². The molecule has 0 aliphatic carbocycles. The third-order valence-electron chi connectivity index (χ3n) is 1.34. The molecule has 3 heteroatoms. The number of nitrogens with zero attached hydrogens (tertiary/aromatic N) is 1. The van der Waals surface area contributed by atoms with Gasteiger partial charge in [-0.25, -0.2) is 5.11 Å². The highest BCUT2D eigenvalue weighted by molar-refractivity contribution is 4.77. The van der Waals surface area contributed by atoms with Crippen LogP contribution in [-0.2, 0) is 5.11 Å². The lowest BCUT2D eigenvalue weighted by Gasteiger charge is -2.33. The molecule has 0 spiro atoms. The molecule has 0 atom stereocenters. The van der Waals surface area contributed by atoms with Gasteiger partial charge in [-0.3, -0.25) is 4.90 Å². The van der Waals surface area contributed by atoms with Crippen LogP contribution in [0.25, 0.3) is 0 Å². The number of rotatable bonds is 2. The van der Waals surface area contributed by atoms with E-state index in [-0.39, 0.29) is 12.7 Å². The minimum atomic E-state index is -0.387. The van der Waals surface area contributed by atoms with Gasteiger partial charge in [-0.2, -0.15) is 0 Å². The average molecular weight is 116 g/mol. The quantitative estimate of drug-likeness (QED) is 0.507. The maximum atomic E-state index is 10.3. The predicted molar refractivity (Wildman–Crippen MR) is 28.0 cm³/mol. The summed E-state index contributed by atoms with van der Waals surface area (Å²) >= 11 is 0. The molecule has 0 aromatic carbocycles. The van der Waals surface area contributed by atoms with Gasteiger partial charge in [-0.1, -0.05) is 0 Å². The zero-order chi connectivity index (χ0) is 5.98. The van der Waals surface area contributed by atoms with E-state index in [9.17, 15) is 5.11 Å². The summed E-state index contributed by atoms with van der Waals surface area (Å²) in [5.41, 5.74) is 0. The van der Waals surface area contributed by atoms with E-state index in [1.807, 2.05) is 4.90 Å². The van der Waals surface area contributed by atoms with Crippen LogP contribution in [0, 0.1) is 0 Å². The molecule has 1 aliphatic heterocycles. The molecule has 47 valence electrons. The van der Waals surface area contributed by atoms with Crippen molar-refractivity contribution in [3.8, 4) is 0 Å². The van der Waals surface area contributed by atoms with Crippen molar-refractivity contribution in [3.63, 3.8) is 0 Å². The Kier molecular flexibility index (Phi) is 1.83. The minimum Gasteiger partial charge on any atom is -0.395 e. The van der Waals surface area contributed by atoms with E-state index >= 15 is 0 Å². The summed E-state index contributed by atoms with van der Waals surface area (Å²) in [6.45, 7) is 2.09. The Morgan fingerprint density at radius 2 is 2.25 bits per heavy atom. The van der Waals surface area contributed by atoms with Crippen LogP contribution in [0.5, 0.6) is 0 Å². The van der Waals surface area contributed by atoms with Crippen LogP contribution in [0.15, 0.2) is 0 Å². The van der Waals surface area contributed by atoms with Gasteiger partial charge in [0.15, 0.2) is 0 Å². The first-order valence-electron chi connectivity index (χ1n) is 2.82. The predicted octanol–water partition coefficient (Wildman–Crippen LogP) is -0.907. The van der Waals surface area contributed by atoms with Crippen LogP contribution in [0.3, 0.4) is 0 Å². The zero-order valence-electron chi connectivity index (χ0n) is 4.71. The summed E-state index contributed by atoms with van der Waals surface area (Å²) in [7, 11) is 0. The van der Waals surface area contributed by atoms with E-state index in [1.54, 1.807) is 0 Å². The third-order valence-corrected chi connectivity index (χ3v) is 1.34. The normalized spacial score (nSPS) is 23.2. The summed E-state index contributed by atoms with van der Waals surface area (Å²) in [6, 6.07) is 0. The first-order valence-corrected chi connectivity index (χ1v) is 2.82. The number of aliphatic hydroxyl groups excluding tert-OH is 1. The van der Waals surface area contributed by atoms with E-state index in [2.05, 4.69) is 0 Å². The topological polar surface area (TPSA) is 43.4 Å². The summed E-state index contributed by atoms with van der Waals surface area (Å²) in [5, 5.41) is 18.7. The molecule has 1 saturated heterocycles. The van der Waals surface area contributed by atoms with Gasteiger partial charge in [-0.05, 0) is 0 Å². The standard InChI is InChI=1S/C5H10NO2/c7-2-1-6-3-5(8)4-6/h5,7H,1-4H2. The van der Waals surface area contributed by atoms with E-state index in [0.717, 1.165) is 0 Å². The van der Waals surface area contributed by atoms with Gasteiger partial charge in [0.1, 0.15) is 6.10 Å². The van der Waals surface area contributed by atoms with Crippen LogP contribution < -0.4 is 0 Å². The van der Waals surface area contributed by atoms with Crippen molar-refractivity contribution in [1.82, 2.24) is 4.90 Å². The van der Waals surface area contributed by atoms with Crippen molar-refractivity contribution in [2.45, 2.75) is 6.10 Å². The van der Waals surface area contributed by atoms with Crippen molar-refractivity contribution in [2.24, 2.45) is 0 Å². The largest absolute Gasteiger partial charge is 0.395 e. The third kappa shape index (κ3) is 1.18. The molecule has 3 nitrogen and oxygen atoms in total. The SMILES string of the molecule is [O]C1CN(CCO)C1. The highest BCUT2D eigenvalue weighted by Gasteiger charge is 2.24. The van der Waals surface area contributed by atoms with E-state index < -0.39 is 0 Å². The van der Waals surface area contributed by atoms with Crippen LogP contribution in [0.1, 0.15) is 0 Å². The second kappa shape index (κ2) is 2.44. The summed E-state index contributed by atoms with van der Waals surface area (Å²) in [4.78, 5) is 1.94. The monoisotopic (exact) mass is 116 g/mol. The fourth-order valence-electron chi connectivity index (χ4n) is 0.846. The van der Waals surface area contributed by atoms with Crippen molar-refractivity contribution in [2.75, 3.05) is 26.2 Å². The van der Waals surface area contributed by atoms with Gasteiger partial charge in [0.25, 0.3) is 0 Å². The number of likely N-dealkylation sites (tertiary alicyclic amines) is 1. The van der Waals surface area contributed by atoms with Gasteiger partial charge in [0.2, 0.25) is 0 Å². The van der Waals surface area contributed by atoms with E-state index in [0.29, 0.717) is 19.6 Å². The molecule has 0 bridgehead atoms. The number of β-amino-alcohol motifs (C(OH)–C–C–N with tert-alkyl or cyclic N) is 1. The van der Waals surface area contributed by atoms with Crippen LogP contribution in [0.2, 0.25) is 0 Å². The van der Waals surface area contributed by atoms with E-state index in [4.69, 9.17) is 5.11 Å². The lowest BCUT2D eigenvalue weighted by molar-refractivity contribution is -0.0482. The number of hydrogen-bond acceptors (Lipinski definition) is 2. The van der Waals surface area contributed by atoms with Crippen LogP contribution in [0.4, 0.5) is 0 Å². The summed E-state index contributed by atoms with van der Waals surface area (Å²) in [5.74, 6) is 0. The Balaban J connectivity index is 1.98. The van der Waals surface area contributed by atoms with Gasteiger partial charge in [0, 0.05) is 19.6 Å². The van der Waals surface area contributed by atoms with Gasteiger partial charge in [0.05, 0.1) is 6.61 Å². The molecule has 1 N–H and O–H groups in total. The molecule has 1 radical (unpaired) electrons. The van der Waals surface area contributed by atoms with Crippen LogP contribution in [-0.4, -0.2) is 42.4 Å². The molecule has 1 heterocycles. The molecule has 8 heavy (non-hydrogen) atoms. The lowest BCUT2D eigenvalue weighted by atomic mass is 10.2. The number of hydrogen-bond donors (Lipinski definition) is 1. The van der Waals surface area contributed by atoms with Gasteiger partial charge in [-0.15, -0.1) is 0 Å². The highest BCUT2D eigenvalue weighted by Crippen LogP contribution is 2.05. The molecule has 1 aliphatic rings. The first-order chi connectivity index (χ1) is 3.83. The van der Waals surface area contributed by atoms with Gasteiger partial charge < -0.3 is 5.11 Å². The van der Waals surface area contributed by atoms with Gasteiger partial charge >= 0.3 is 0 Å². The molecular weight excluding hydrogens is 106 g/mol. The Morgan fingerprint density at radius 3 is 2.62 bits per heavy atom. The first kappa shape index (κ1) is 6.01. The maximum Gasteiger partial charge on any atom is 0.118 e. The van der Waals surface area contributed by atoms with E-state index in [1.165, 1.54) is 0 Å². The highest BCUT2D eigenvalue weighted by atomic mass is 16.3. The Morgan fingerprint density at radius 1 is 1.62 bits per heavy atom. The van der Waals surface area contributed by atoms with Crippen molar-refractivity contribution >= 4 is 0 Å². The molecule has 0 aromatic heterocycles. The Hall–Kier alpha value is -0.120. The van der Waals surface area contributed by atoms with Crippen molar-refractivity contribution in [1.29, 1.82) is 0 Å². The second-order valence-electron chi connectivity index (χ2n) is 2.11. The molecular formula is C5H10NO2. The smallest absolute Gasteiger partial charge is 0.118 e. The number of aliphatic hydroxyl groups is 1. The second-order valence-corrected chi connectivity index (χ2v) is 2.11. The molecule has 0 saturated carbocycles. The molecule has 0 aromatic rings. The van der Waals surface area contributed by atoms with Crippen LogP contribution >= 0.6 is 0 Å².